The van der Waals surface area contributed by atoms with E-state index in [9.17, 15) is 5.11 Å². The van der Waals surface area contributed by atoms with Gasteiger partial charge in [-0.25, -0.2) is 0 Å². The third kappa shape index (κ3) is 2.71. The molecule has 1 unspecified atom stereocenters. The van der Waals surface area contributed by atoms with Crippen molar-refractivity contribution < 1.29 is 9.52 Å². The maximum Gasteiger partial charge on any atom is 0.133 e. The van der Waals surface area contributed by atoms with Crippen LogP contribution in [0.2, 0.25) is 0 Å². The van der Waals surface area contributed by atoms with Gasteiger partial charge in [-0.1, -0.05) is 0 Å². The van der Waals surface area contributed by atoms with Crippen LogP contribution in [0, 0.1) is 0 Å². The minimum absolute atomic E-state index is 0.485. The van der Waals surface area contributed by atoms with E-state index in [0.717, 1.165) is 6.54 Å². The Morgan fingerprint density at radius 2 is 2.40 bits per heavy atom. The summed E-state index contributed by atoms with van der Waals surface area (Å²) >= 11 is 0. The van der Waals surface area contributed by atoms with E-state index >= 15 is 0 Å². The molecule has 4 nitrogen and oxygen atoms in total. The van der Waals surface area contributed by atoms with Gasteiger partial charge in [0.2, 0.25) is 0 Å². The maximum absolute atomic E-state index is 9.67. The Hall–Kier alpha value is -1.52. The summed E-state index contributed by atoms with van der Waals surface area (Å²) in [7, 11) is 0. The number of rotatable bonds is 5. The summed E-state index contributed by atoms with van der Waals surface area (Å²) < 4.78 is 5.09. The van der Waals surface area contributed by atoms with Crippen LogP contribution < -0.4 is 5.32 Å². The second-order valence-corrected chi connectivity index (χ2v) is 3.38. The van der Waals surface area contributed by atoms with Gasteiger partial charge in [0.05, 0.1) is 6.26 Å². The van der Waals surface area contributed by atoms with Crippen LogP contribution >= 0.6 is 0 Å². The van der Waals surface area contributed by atoms with Crippen molar-refractivity contribution in [2.24, 2.45) is 0 Å². The van der Waals surface area contributed by atoms with Crippen molar-refractivity contribution in [1.82, 2.24) is 10.3 Å². The van der Waals surface area contributed by atoms with Gasteiger partial charge in [0, 0.05) is 25.5 Å². The Balaban J connectivity index is 1.74. The molecule has 0 aromatic carbocycles. The molecular formula is C11H14N2O2. The van der Waals surface area contributed by atoms with Crippen molar-refractivity contribution in [2.75, 3.05) is 6.54 Å². The molecule has 2 aromatic heterocycles. The Morgan fingerprint density at radius 3 is 3.07 bits per heavy atom. The fourth-order valence-electron chi connectivity index (χ4n) is 1.40. The van der Waals surface area contributed by atoms with Gasteiger partial charge in [0.25, 0.3) is 0 Å². The fourth-order valence-corrected chi connectivity index (χ4v) is 1.40. The van der Waals surface area contributed by atoms with Crippen molar-refractivity contribution in [3.8, 4) is 0 Å². The van der Waals surface area contributed by atoms with E-state index in [2.05, 4.69) is 10.3 Å². The fraction of sp³-hybridized carbons (Fsp3) is 0.273. The molecule has 0 aliphatic carbocycles. The van der Waals surface area contributed by atoms with Crippen LogP contribution in [0.4, 0.5) is 0 Å². The van der Waals surface area contributed by atoms with Crippen molar-refractivity contribution >= 4 is 0 Å². The number of nitrogens with one attached hydrogen (secondary N) is 2. The molecule has 0 fully saturated rings. The van der Waals surface area contributed by atoms with Crippen LogP contribution in [0.5, 0.6) is 0 Å². The first kappa shape index (κ1) is 10.0. The largest absolute Gasteiger partial charge is 0.467 e. The number of aromatic nitrogens is 1. The smallest absolute Gasteiger partial charge is 0.133 e. The van der Waals surface area contributed by atoms with Gasteiger partial charge in [-0.15, -0.1) is 0 Å². The van der Waals surface area contributed by atoms with Crippen LogP contribution in [-0.4, -0.2) is 16.6 Å². The highest BCUT2D eigenvalue weighted by molar-refractivity contribution is 5.08. The summed E-state index contributed by atoms with van der Waals surface area (Å²) in [5.41, 5.74) is 1.17. The summed E-state index contributed by atoms with van der Waals surface area (Å²) in [5, 5.41) is 12.8. The number of hydrogen-bond donors (Lipinski definition) is 3. The van der Waals surface area contributed by atoms with Crippen molar-refractivity contribution in [2.45, 2.75) is 12.6 Å². The third-order valence-corrected chi connectivity index (χ3v) is 2.20. The summed E-state index contributed by atoms with van der Waals surface area (Å²) in [6, 6.07) is 5.53. The number of furan rings is 1. The first-order chi connectivity index (χ1) is 7.36. The second-order valence-electron chi connectivity index (χ2n) is 3.38. The van der Waals surface area contributed by atoms with Crippen molar-refractivity contribution in [1.29, 1.82) is 0 Å². The van der Waals surface area contributed by atoms with Gasteiger partial charge in [-0.05, 0) is 23.8 Å². The van der Waals surface area contributed by atoms with Crippen LogP contribution in [0.15, 0.2) is 41.3 Å². The predicted molar refractivity (Wildman–Crippen MR) is 56.2 cm³/mol. The molecule has 2 rings (SSSR count). The number of aliphatic hydroxyl groups excluding tert-OH is 1. The normalized spacial score (nSPS) is 12.9. The highest BCUT2D eigenvalue weighted by atomic mass is 16.4. The van der Waals surface area contributed by atoms with E-state index in [1.165, 1.54) is 5.56 Å². The predicted octanol–water partition coefficient (Wildman–Crippen LogP) is 1.43. The molecule has 0 amide bonds. The van der Waals surface area contributed by atoms with E-state index in [1.807, 2.05) is 18.5 Å². The summed E-state index contributed by atoms with van der Waals surface area (Å²) in [6.45, 7) is 1.22. The van der Waals surface area contributed by atoms with Crippen LogP contribution in [0.3, 0.4) is 0 Å². The van der Waals surface area contributed by atoms with Gasteiger partial charge < -0.3 is 19.8 Å². The van der Waals surface area contributed by atoms with E-state index in [4.69, 9.17) is 4.42 Å². The first-order valence-corrected chi connectivity index (χ1v) is 4.90. The van der Waals surface area contributed by atoms with E-state index in [-0.39, 0.29) is 0 Å². The lowest BCUT2D eigenvalue weighted by Crippen LogP contribution is -2.20. The average molecular weight is 206 g/mol. The highest BCUT2D eigenvalue weighted by Crippen LogP contribution is 2.11. The summed E-state index contributed by atoms with van der Waals surface area (Å²) in [6.07, 6.45) is 4.77. The molecule has 0 radical (unpaired) electrons. The second kappa shape index (κ2) is 4.82. The van der Waals surface area contributed by atoms with Crippen LogP contribution in [0.25, 0.3) is 0 Å². The molecule has 80 valence electrons. The van der Waals surface area contributed by atoms with Crippen LogP contribution in [-0.2, 0) is 6.54 Å². The zero-order chi connectivity index (χ0) is 10.5. The quantitative estimate of drug-likeness (QED) is 0.693. The lowest BCUT2D eigenvalue weighted by Gasteiger charge is -2.08. The molecule has 0 saturated heterocycles. The number of aliphatic hydroxyl groups is 1. The van der Waals surface area contributed by atoms with Crippen molar-refractivity contribution in [3.05, 3.63) is 48.2 Å². The number of aromatic amines is 1. The Kier molecular flexibility index (Phi) is 3.22. The summed E-state index contributed by atoms with van der Waals surface area (Å²) in [4.78, 5) is 2.97. The van der Waals surface area contributed by atoms with Gasteiger partial charge in [0.15, 0.2) is 0 Å². The Morgan fingerprint density at radius 1 is 1.47 bits per heavy atom. The van der Waals surface area contributed by atoms with Gasteiger partial charge in [-0.3, -0.25) is 0 Å². The molecule has 2 aromatic rings. The minimum atomic E-state index is -0.584. The molecule has 2 heterocycles. The van der Waals surface area contributed by atoms with Crippen molar-refractivity contribution in [3.63, 3.8) is 0 Å². The molecule has 0 aliphatic rings. The third-order valence-electron chi connectivity index (χ3n) is 2.20. The monoisotopic (exact) mass is 206 g/mol. The standard InChI is InChI=1S/C11H14N2O2/c14-10(11-2-1-5-15-11)8-13-7-9-3-4-12-6-9/h1-6,10,12-14H,7-8H2. The lowest BCUT2D eigenvalue weighted by molar-refractivity contribution is 0.147. The Bertz CT molecular complexity index is 367. The minimum Gasteiger partial charge on any atom is -0.467 e. The van der Waals surface area contributed by atoms with E-state index in [1.54, 1.807) is 18.4 Å². The lowest BCUT2D eigenvalue weighted by atomic mass is 10.2. The molecule has 0 bridgehead atoms. The molecule has 3 N–H and O–H groups in total. The van der Waals surface area contributed by atoms with E-state index < -0.39 is 6.10 Å². The molecule has 0 aliphatic heterocycles. The average Bonchev–Trinajstić information content (AvgIpc) is 2.90. The molecule has 15 heavy (non-hydrogen) atoms. The van der Waals surface area contributed by atoms with E-state index in [0.29, 0.717) is 12.3 Å². The molecule has 4 heteroatoms. The zero-order valence-electron chi connectivity index (χ0n) is 8.31. The molecule has 0 saturated carbocycles. The van der Waals surface area contributed by atoms with Gasteiger partial charge in [-0.2, -0.15) is 0 Å². The topological polar surface area (TPSA) is 61.2 Å². The maximum atomic E-state index is 9.67. The van der Waals surface area contributed by atoms with Crippen LogP contribution in [0.1, 0.15) is 17.4 Å². The SMILES string of the molecule is OC(CNCc1cc[nH]c1)c1ccco1. The number of H-pyrrole nitrogens is 1. The number of hydrogen-bond acceptors (Lipinski definition) is 3. The first-order valence-electron chi connectivity index (χ1n) is 4.90. The zero-order valence-corrected chi connectivity index (χ0v) is 8.31. The highest BCUT2D eigenvalue weighted by Gasteiger charge is 2.08. The summed E-state index contributed by atoms with van der Waals surface area (Å²) in [5.74, 6) is 0.594. The molecule has 0 spiro atoms. The molecular weight excluding hydrogens is 192 g/mol. The molecule has 1 atom stereocenters. The Labute approximate surface area is 87.9 Å². The van der Waals surface area contributed by atoms with Gasteiger partial charge in [0.1, 0.15) is 11.9 Å². The van der Waals surface area contributed by atoms with Gasteiger partial charge >= 0.3 is 0 Å².